The molecule has 0 radical (unpaired) electrons. The van der Waals surface area contributed by atoms with Gasteiger partial charge in [-0.2, -0.15) is 4.73 Å². The van der Waals surface area contributed by atoms with Crippen LogP contribution in [0.5, 0.6) is 0 Å². The van der Waals surface area contributed by atoms with Gasteiger partial charge in [0.05, 0.1) is 16.2 Å². The van der Waals surface area contributed by atoms with Crippen LogP contribution in [0, 0.1) is 12.1 Å². The first kappa shape index (κ1) is 21.7. The van der Waals surface area contributed by atoms with Gasteiger partial charge in [-0.15, -0.1) is 0 Å². The largest absolute Gasteiger partial charge is 0.618 e. The number of benzene rings is 2. The van der Waals surface area contributed by atoms with Crippen LogP contribution in [0.15, 0.2) is 65.7 Å². The van der Waals surface area contributed by atoms with Crippen molar-refractivity contribution in [3.63, 3.8) is 0 Å². The van der Waals surface area contributed by atoms with Crippen molar-refractivity contribution in [1.29, 1.82) is 0 Å². The molecule has 0 saturated carbocycles. The number of pyridine rings is 1. The second-order valence-corrected chi connectivity index (χ2v) is 9.23. The Labute approximate surface area is 179 Å². The molecule has 0 saturated heterocycles. The number of carbonyl (C=O) groups excluding carboxylic acids is 2. The van der Waals surface area contributed by atoms with E-state index in [4.69, 9.17) is 11.6 Å². The third-order valence-electron chi connectivity index (χ3n) is 4.73. The van der Waals surface area contributed by atoms with Gasteiger partial charge in [0.2, 0.25) is 5.69 Å². The van der Waals surface area contributed by atoms with Crippen LogP contribution in [0.1, 0.15) is 44.5 Å². The topological polar surface area (TPSA) is 95.2 Å². The van der Waals surface area contributed by atoms with E-state index in [2.05, 4.69) is 0 Å². The van der Waals surface area contributed by atoms with Crippen LogP contribution in [-0.4, -0.2) is 20.0 Å². The highest BCUT2D eigenvalue weighted by molar-refractivity contribution is 7.90. The van der Waals surface area contributed by atoms with Gasteiger partial charge in [-0.25, -0.2) is 8.42 Å². The number of hydrogen-bond donors (Lipinski definition) is 0. The molecular formula is C22H18ClNO5S. The molecule has 0 unspecified atom stereocenters. The number of Topliss-reactive ketones (excluding diaryl/α,β-unsaturated/α-hetero) is 1. The second-order valence-electron chi connectivity index (χ2n) is 6.80. The summed E-state index contributed by atoms with van der Waals surface area (Å²) in [6.45, 7) is 2.91. The summed E-state index contributed by atoms with van der Waals surface area (Å²) in [6, 6.07) is 13.0. The fraction of sp³-hybridized carbons (Fsp3) is 0.136. The van der Waals surface area contributed by atoms with Crippen molar-refractivity contribution in [3.05, 3.63) is 99.0 Å². The normalized spacial score (nSPS) is 11.3. The lowest BCUT2D eigenvalue weighted by Crippen LogP contribution is -2.31. The van der Waals surface area contributed by atoms with Gasteiger partial charge < -0.3 is 5.21 Å². The van der Waals surface area contributed by atoms with Gasteiger partial charge in [0.1, 0.15) is 0 Å². The molecule has 0 aliphatic rings. The van der Waals surface area contributed by atoms with Crippen LogP contribution in [0.25, 0.3) is 0 Å². The van der Waals surface area contributed by atoms with Crippen molar-refractivity contribution in [2.45, 2.75) is 24.5 Å². The molecule has 0 spiro atoms. The molecule has 1 aromatic heterocycles. The molecule has 8 heteroatoms. The minimum Gasteiger partial charge on any atom is -0.618 e. The minimum atomic E-state index is -3.80. The maximum Gasteiger partial charge on any atom is 0.200 e. The summed E-state index contributed by atoms with van der Waals surface area (Å²) in [7, 11) is -3.80. The highest BCUT2D eigenvalue weighted by Gasteiger charge is 2.24. The Hall–Kier alpha value is -3.03. The Kier molecular flexibility index (Phi) is 6.05. The number of hydrogen-bond acceptors (Lipinski definition) is 5. The number of nitrogens with zero attached hydrogens (tertiary/aromatic N) is 1. The van der Waals surface area contributed by atoms with Gasteiger partial charge in [-0.05, 0) is 42.8 Å². The molecule has 1 heterocycles. The Morgan fingerprint density at radius 1 is 1.03 bits per heavy atom. The molecule has 0 N–H and O–H groups in total. The second kappa shape index (κ2) is 8.38. The summed E-state index contributed by atoms with van der Waals surface area (Å²) >= 11 is 6.05. The van der Waals surface area contributed by atoms with E-state index in [0.717, 1.165) is 0 Å². The van der Waals surface area contributed by atoms with Crippen LogP contribution in [0.2, 0.25) is 5.02 Å². The van der Waals surface area contributed by atoms with Crippen LogP contribution in [0.3, 0.4) is 0 Å². The van der Waals surface area contributed by atoms with E-state index in [-0.39, 0.29) is 38.1 Å². The predicted molar refractivity (Wildman–Crippen MR) is 112 cm³/mol. The number of ketones is 2. The summed E-state index contributed by atoms with van der Waals surface area (Å²) in [6.07, 6.45) is 1.28. The molecule has 3 rings (SSSR count). The summed E-state index contributed by atoms with van der Waals surface area (Å²) in [5.74, 6) is -1.09. The molecule has 0 bridgehead atoms. The van der Waals surface area contributed by atoms with E-state index < -0.39 is 21.4 Å². The van der Waals surface area contributed by atoms with E-state index in [1.165, 1.54) is 74.6 Å². The van der Waals surface area contributed by atoms with E-state index in [9.17, 15) is 23.2 Å². The van der Waals surface area contributed by atoms with E-state index in [1.54, 1.807) is 0 Å². The Morgan fingerprint density at radius 2 is 1.70 bits per heavy atom. The lowest BCUT2D eigenvalue weighted by atomic mass is 9.98. The molecule has 0 fully saturated rings. The molecule has 30 heavy (non-hydrogen) atoms. The van der Waals surface area contributed by atoms with Gasteiger partial charge in [-0.1, -0.05) is 29.8 Å². The van der Waals surface area contributed by atoms with Crippen molar-refractivity contribution in [2.24, 2.45) is 0 Å². The third-order valence-corrected chi connectivity index (χ3v) is 6.65. The van der Waals surface area contributed by atoms with Crippen molar-refractivity contribution < 1.29 is 22.7 Å². The SMILES string of the molecule is CC(=O)c1ccc(S(=O)(=O)Cc2ccc(Cl)cc2C(=O)c2ccc[n+]([O-])c2C)cc1. The molecule has 2 aromatic carbocycles. The van der Waals surface area contributed by atoms with Crippen molar-refractivity contribution in [3.8, 4) is 0 Å². The zero-order valence-corrected chi connectivity index (χ0v) is 17.8. The number of halogens is 1. The van der Waals surface area contributed by atoms with E-state index in [1.807, 2.05) is 0 Å². The highest BCUT2D eigenvalue weighted by Crippen LogP contribution is 2.25. The Morgan fingerprint density at radius 3 is 2.33 bits per heavy atom. The van der Waals surface area contributed by atoms with Crippen LogP contribution >= 0.6 is 11.6 Å². The Bertz CT molecular complexity index is 1250. The molecule has 3 aromatic rings. The monoisotopic (exact) mass is 443 g/mol. The summed E-state index contributed by atoms with van der Waals surface area (Å²) < 4.78 is 26.4. The summed E-state index contributed by atoms with van der Waals surface area (Å²) in [5.41, 5.74) is 1.15. The van der Waals surface area contributed by atoms with Crippen molar-refractivity contribution in [1.82, 2.24) is 0 Å². The molecule has 0 aliphatic carbocycles. The van der Waals surface area contributed by atoms with Gasteiger partial charge in [0.15, 0.2) is 27.6 Å². The fourth-order valence-corrected chi connectivity index (χ4v) is 4.58. The van der Waals surface area contributed by atoms with Gasteiger partial charge in [-0.3, -0.25) is 9.59 Å². The molecular weight excluding hydrogens is 426 g/mol. The first-order valence-corrected chi connectivity index (χ1v) is 11.0. The zero-order valence-electron chi connectivity index (χ0n) is 16.3. The molecule has 154 valence electrons. The predicted octanol–water partition coefficient (Wildman–Crippen LogP) is 3.69. The molecule has 0 aliphatic heterocycles. The third kappa shape index (κ3) is 4.42. The van der Waals surface area contributed by atoms with Crippen molar-refractivity contribution in [2.75, 3.05) is 0 Å². The highest BCUT2D eigenvalue weighted by atomic mass is 35.5. The van der Waals surface area contributed by atoms with Crippen molar-refractivity contribution >= 4 is 33.0 Å². The van der Waals surface area contributed by atoms with Gasteiger partial charge in [0, 0.05) is 29.1 Å². The maximum atomic E-state index is 13.1. The number of carbonyl (C=O) groups is 2. The zero-order chi connectivity index (χ0) is 22.1. The number of sulfone groups is 1. The van der Waals surface area contributed by atoms with Gasteiger partial charge in [0.25, 0.3) is 0 Å². The molecule has 0 atom stereocenters. The average molecular weight is 444 g/mol. The van der Waals surface area contributed by atoms with Crippen LogP contribution in [-0.2, 0) is 15.6 Å². The molecule has 0 amide bonds. The minimum absolute atomic E-state index is 0.0362. The number of rotatable bonds is 6. The lowest BCUT2D eigenvalue weighted by molar-refractivity contribution is -0.612. The first-order chi connectivity index (χ1) is 14.1. The quantitative estimate of drug-likeness (QED) is 0.329. The van der Waals surface area contributed by atoms with E-state index in [0.29, 0.717) is 10.3 Å². The van der Waals surface area contributed by atoms with Crippen LogP contribution < -0.4 is 4.73 Å². The summed E-state index contributed by atoms with van der Waals surface area (Å²) in [4.78, 5) is 24.5. The molecule has 6 nitrogen and oxygen atoms in total. The maximum absolute atomic E-state index is 13.1. The van der Waals surface area contributed by atoms with Gasteiger partial charge >= 0.3 is 0 Å². The first-order valence-electron chi connectivity index (χ1n) is 8.96. The van der Waals surface area contributed by atoms with E-state index >= 15 is 0 Å². The lowest BCUT2D eigenvalue weighted by Gasteiger charge is -2.12. The average Bonchev–Trinajstić information content (AvgIpc) is 2.71. The fourth-order valence-electron chi connectivity index (χ4n) is 3.02. The standard InChI is InChI=1S/C22H18ClNO5S/c1-14-20(4-3-11-24(14)27)22(26)21-12-18(23)8-5-17(21)13-30(28,29)19-9-6-16(7-10-19)15(2)25/h3-12H,13H2,1-2H3. The Balaban J connectivity index is 2.02. The number of aromatic nitrogens is 1. The summed E-state index contributed by atoms with van der Waals surface area (Å²) in [5, 5.41) is 12.1. The van der Waals surface area contributed by atoms with Crippen LogP contribution in [0.4, 0.5) is 0 Å². The smallest absolute Gasteiger partial charge is 0.200 e.